The van der Waals surface area contributed by atoms with Crippen LogP contribution >= 0.6 is 11.6 Å². The summed E-state index contributed by atoms with van der Waals surface area (Å²) in [7, 11) is 0. The largest absolute Gasteiger partial charge is 0.454 e. The molecule has 0 saturated carbocycles. The smallest absolute Gasteiger partial charge is 0.306 e. The summed E-state index contributed by atoms with van der Waals surface area (Å²) in [6.07, 6.45) is -0.958. The first-order valence-electron chi connectivity index (χ1n) is 9.60. The molecule has 9 heteroatoms. The van der Waals surface area contributed by atoms with Crippen LogP contribution in [0.15, 0.2) is 54.6 Å². The molecule has 0 aliphatic carbocycles. The van der Waals surface area contributed by atoms with Crippen molar-refractivity contribution in [2.24, 2.45) is 0 Å². The van der Waals surface area contributed by atoms with Crippen molar-refractivity contribution >= 4 is 35.2 Å². The molecule has 31 heavy (non-hydrogen) atoms. The average molecular weight is 449 g/mol. The Morgan fingerprint density at radius 3 is 2.23 bits per heavy atom. The van der Waals surface area contributed by atoms with Crippen molar-refractivity contribution in [2.45, 2.75) is 31.8 Å². The summed E-state index contributed by atoms with van der Waals surface area (Å²) in [6, 6.07) is 13.2. The van der Waals surface area contributed by atoms with Gasteiger partial charge in [-0.1, -0.05) is 18.2 Å². The van der Waals surface area contributed by atoms with E-state index < -0.39 is 35.5 Å². The molecule has 7 nitrogen and oxygen atoms in total. The van der Waals surface area contributed by atoms with Crippen LogP contribution in [0, 0.1) is 5.82 Å². The van der Waals surface area contributed by atoms with E-state index in [1.807, 2.05) is 0 Å². The second-order valence-corrected chi connectivity index (χ2v) is 6.93. The lowest BCUT2D eigenvalue weighted by Crippen LogP contribution is -2.41. The van der Waals surface area contributed by atoms with Gasteiger partial charge in [-0.3, -0.25) is 30.0 Å². The second-order valence-electron chi connectivity index (χ2n) is 6.55. The van der Waals surface area contributed by atoms with E-state index in [9.17, 15) is 23.6 Å². The lowest BCUT2D eigenvalue weighted by molar-refractivity contribution is -0.147. The van der Waals surface area contributed by atoms with Gasteiger partial charge in [0.1, 0.15) is 5.82 Å². The van der Waals surface area contributed by atoms with Crippen molar-refractivity contribution in [1.82, 2.24) is 10.9 Å². The van der Waals surface area contributed by atoms with Crippen molar-refractivity contribution < 1.29 is 28.3 Å². The number of benzene rings is 2. The molecular formula is C22H22ClFN2O5. The first-order chi connectivity index (χ1) is 14.9. The number of hydrogen-bond acceptors (Lipinski definition) is 5. The number of halogens is 2. The molecule has 0 aliphatic heterocycles. The maximum absolute atomic E-state index is 13.0. The van der Waals surface area contributed by atoms with Crippen LogP contribution in [0.5, 0.6) is 0 Å². The number of esters is 1. The highest BCUT2D eigenvalue weighted by Crippen LogP contribution is 2.13. The molecule has 2 amide bonds. The molecule has 2 N–H and O–H groups in total. The van der Waals surface area contributed by atoms with E-state index in [-0.39, 0.29) is 37.1 Å². The Labute approximate surface area is 183 Å². The number of hydrogen-bond donors (Lipinski definition) is 2. The molecule has 0 bridgehead atoms. The fourth-order valence-electron chi connectivity index (χ4n) is 2.60. The molecule has 0 spiro atoms. The number of carbonyl (C=O) groups is 4. The third-order valence-electron chi connectivity index (χ3n) is 4.20. The van der Waals surface area contributed by atoms with Gasteiger partial charge in [0.15, 0.2) is 6.10 Å². The molecule has 0 fully saturated rings. The number of amides is 2. The number of ketones is 1. The Kier molecular flexibility index (Phi) is 9.64. The highest BCUT2D eigenvalue weighted by atomic mass is 35.5. The lowest BCUT2D eigenvalue weighted by atomic mass is 10.0. The van der Waals surface area contributed by atoms with Crippen LogP contribution in [0.3, 0.4) is 0 Å². The van der Waals surface area contributed by atoms with E-state index >= 15 is 0 Å². The molecule has 1 atom stereocenters. The predicted octanol–water partition coefficient (Wildman–Crippen LogP) is 3.18. The van der Waals surface area contributed by atoms with Gasteiger partial charge in [-0.2, -0.15) is 0 Å². The Morgan fingerprint density at radius 1 is 0.903 bits per heavy atom. The molecule has 164 valence electrons. The molecule has 0 radical (unpaired) electrons. The van der Waals surface area contributed by atoms with Crippen LogP contribution in [0.2, 0.25) is 0 Å². The van der Waals surface area contributed by atoms with Crippen LogP contribution in [-0.2, 0) is 14.3 Å². The van der Waals surface area contributed by atoms with Gasteiger partial charge in [-0.25, -0.2) is 4.39 Å². The number of Topliss-reactive ketones (excluding diaryl/α,β-unsaturated/α-hetero) is 1. The third kappa shape index (κ3) is 8.18. The number of ether oxygens (including phenoxy) is 1. The Bertz CT molecular complexity index is 906. The van der Waals surface area contributed by atoms with Gasteiger partial charge in [0, 0.05) is 36.3 Å². The van der Waals surface area contributed by atoms with Crippen molar-refractivity contribution in [2.75, 3.05) is 5.88 Å². The van der Waals surface area contributed by atoms with Crippen LogP contribution in [0.4, 0.5) is 4.39 Å². The van der Waals surface area contributed by atoms with Gasteiger partial charge in [-0.15, -0.1) is 11.6 Å². The van der Waals surface area contributed by atoms with Crippen molar-refractivity contribution in [3.63, 3.8) is 0 Å². The monoisotopic (exact) mass is 448 g/mol. The Balaban J connectivity index is 1.74. The molecule has 0 heterocycles. The Hall–Kier alpha value is -3.26. The van der Waals surface area contributed by atoms with E-state index in [4.69, 9.17) is 16.3 Å². The van der Waals surface area contributed by atoms with Gasteiger partial charge < -0.3 is 4.74 Å². The second kappa shape index (κ2) is 12.4. The van der Waals surface area contributed by atoms with Crippen molar-refractivity contribution in [3.05, 3.63) is 71.5 Å². The zero-order chi connectivity index (χ0) is 22.6. The zero-order valence-electron chi connectivity index (χ0n) is 16.6. The Morgan fingerprint density at radius 2 is 1.58 bits per heavy atom. The molecule has 1 unspecified atom stereocenters. The topological polar surface area (TPSA) is 102 Å². The number of alkyl halides is 1. The molecular weight excluding hydrogens is 427 g/mol. The van der Waals surface area contributed by atoms with Gasteiger partial charge in [0.25, 0.3) is 5.91 Å². The first kappa shape index (κ1) is 24.0. The number of hydrazine groups is 1. The van der Waals surface area contributed by atoms with Gasteiger partial charge >= 0.3 is 5.97 Å². The maximum atomic E-state index is 13.0. The summed E-state index contributed by atoms with van der Waals surface area (Å²) in [4.78, 5) is 48.2. The highest BCUT2D eigenvalue weighted by molar-refractivity contribution is 6.18. The van der Waals surface area contributed by atoms with E-state index in [0.29, 0.717) is 5.56 Å². The predicted molar refractivity (Wildman–Crippen MR) is 112 cm³/mol. The maximum Gasteiger partial charge on any atom is 0.306 e. The van der Waals surface area contributed by atoms with Gasteiger partial charge in [0.2, 0.25) is 11.7 Å². The molecule has 0 aromatic heterocycles. The molecule has 2 aromatic rings. The molecule has 0 saturated heterocycles. The average Bonchev–Trinajstić information content (AvgIpc) is 2.77. The summed E-state index contributed by atoms with van der Waals surface area (Å²) in [5, 5.41) is 0. The van der Waals surface area contributed by atoms with Gasteiger partial charge in [0.05, 0.1) is 0 Å². The van der Waals surface area contributed by atoms with Crippen molar-refractivity contribution in [1.29, 1.82) is 0 Å². The molecule has 2 aromatic carbocycles. The van der Waals surface area contributed by atoms with E-state index in [0.717, 1.165) is 12.1 Å². The quantitative estimate of drug-likeness (QED) is 0.251. The number of nitrogens with one attached hydrogen (secondary N) is 2. The van der Waals surface area contributed by atoms with Crippen LogP contribution in [0.25, 0.3) is 0 Å². The fourth-order valence-corrected chi connectivity index (χ4v) is 2.80. The zero-order valence-corrected chi connectivity index (χ0v) is 17.4. The lowest BCUT2D eigenvalue weighted by Gasteiger charge is -2.16. The standard InChI is InChI=1S/C22H22ClFN2O5/c23-14-13-18(21(29)15-9-11-17(24)12-10-15)31-20(28)8-4-7-19(27)25-26-22(30)16-5-2-1-3-6-16/h1-3,5-6,9-12,18H,4,7-8,13-14H2,(H,25,27)(H,26,30). The summed E-state index contributed by atoms with van der Waals surface area (Å²) in [6.45, 7) is 0. The molecule has 0 aliphatic rings. The number of rotatable bonds is 10. The van der Waals surface area contributed by atoms with E-state index in [1.54, 1.807) is 30.3 Å². The minimum atomic E-state index is -1.09. The first-order valence-corrected chi connectivity index (χ1v) is 10.1. The van der Waals surface area contributed by atoms with E-state index in [2.05, 4.69) is 10.9 Å². The van der Waals surface area contributed by atoms with Crippen LogP contribution in [-0.4, -0.2) is 35.6 Å². The summed E-state index contributed by atoms with van der Waals surface area (Å²) >= 11 is 5.70. The summed E-state index contributed by atoms with van der Waals surface area (Å²) < 4.78 is 18.2. The van der Waals surface area contributed by atoms with E-state index in [1.165, 1.54) is 12.1 Å². The highest BCUT2D eigenvalue weighted by Gasteiger charge is 2.24. The third-order valence-corrected chi connectivity index (χ3v) is 4.42. The van der Waals surface area contributed by atoms with Crippen LogP contribution < -0.4 is 10.9 Å². The number of carbonyl (C=O) groups excluding carboxylic acids is 4. The SMILES string of the molecule is O=C(CCCC(=O)OC(CCCl)C(=O)c1ccc(F)cc1)NNC(=O)c1ccccc1. The minimum Gasteiger partial charge on any atom is -0.454 e. The molecule has 2 rings (SSSR count). The summed E-state index contributed by atoms with van der Waals surface area (Å²) in [5.74, 6) is -2.47. The van der Waals surface area contributed by atoms with Gasteiger partial charge in [-0.05, 0) is 42.8 Å². The normalized spacial score (nSPS) is 11.3. The van der Waals surface area contributed by atoms with Crippen LogP contribution in [0.1, 0.15) is 46.4 Å². The van der Waals surface area contributed by atoms with Crippen molar-refractivity contribution in [3.8, 4) is 0 Å². The summed E-state index contributed by atoms with van der Waals surface area (Å²) in [5.41, 5.74) is 5.15. The minimum absolute atomic E-state index is 0.0315. The fraction of sp³-hybridized carbons (Fsp3) is 0.273.